The lowest BCUT2D eigenvalue weighted by Gasteiger charge is -2.30. The van der Waals surface area contributed by atoms with E-state index in [1.807, 2.05) is 23.1 Å². The van der Waals surface area contributed by atoms with Gasteiger partial charge >= 0.3 is 6.03 Å². The molecule has 0 aliphatic carbocycles. The quantitative estimate of drug-likeness (QED) is 0.899. The molecule has 0 saturated carbocycles. The van der Waals surface area contributed by atoms with Crippen molar-refractivity contribution in [2.45, 2.75) is 26.2 Å². The molecule has 0 unspecified atom stereocenters. The van der Waals surface area contributed by atoms with E-state index < -0.39 is 0 Å². The Balaban J connectivity index is 1.57. The third-order valence-corrected chi connectivity index (χ3v) is 5.33. The number of rotatable bonds is 4. The van der Waals surface area contributed by atoms with Crippen LogP contribution in [0.2, 0.25) is 0 Å². The number of likely N-dealkylation sites (tertiary alicyclic amines) is 1. The smallest absolute Gasteiger partial charge is 0.321 e. The molecule has 6 nitrogen and oxygen atoms in total. The fourth-order valence-electron chi connectivity index (χ4n) is 3.54. The summed E-state index contributed by atoms with van der Waals surface area (Å²) in [5, 5.41) is 2.90. The fraction of sp³-hybridized carbons (Fsp3) is 0.600. The molecule has 142 valence electrons. The molecule has 3 amide bonds. The molecule has 0 aromatic heterocycles. The highest BCUT2D eigenvalue weighted by molar-refractivity contribution is 5.97. The zero-order chi connectivity index (χ0) is 18.5. The van der Waals surface area contributed by atoms with Crippen LogP contribution in [0.3, 0.4) is 0 Å². The Kier molecular flexibility index (Phi) is 6.14. The number of hydrogen-bond acceptors (Lipinski definition) is 3. The average molecular weight is 359 g/mol. The zero-order valence-electron chi connectivity index (χ0n) is 15.7. The van der Waals surface area contributed by atoms with Crippen molar-refractivity contribution in [3.05, 3.63) is 29.8 Å². The third kappa shape index (κ3) is 4.75. The monoisotopic (exact) mass is 359 g/mol. The largest absolute Gasteiger partial charge is 0.381 e. The lowest BCUT2D eigenvalue weighted by molar-refractivity contribution is 0.0697. The van der Waals surface area contributed by atoms with Crippen LogP contribution in [0.15, 0.2) is 24.3 Å². The van der Waals surface area contributed by atoms with Crippen molar-refractivity contribution >= 4 is 17.6 Å². The van der Waals surface area contributed by atoms with Gasteiger partial charge in [0.15, 0.2) is 0 Å². The molecule has 0 bridgehead atoms. The Labute approximate surface area is 155 Å². The number of ether oxygens (including phenoxy) is 1. The van der Waals surface area contributed by atoms with Crippen molar-refractivity contribution in [1.82, 2.24) is 9.80 Å². The summed E-state index contributed by atoms with van der Waals surface area (Å²) in [6, 6.07) is 7.06. The molecule has 26 heavy (non-hydrogen) atoms. The number of nitrogens with zero attached hydrogens (tertiary/aromatic N) is 2. The standard InChI is InChI=1S/C20H29N3O3/c1-15-6-9-23(10-7-15)19(24)17-4-3-5-18(12-17)21-20(25)22(2)13-16-8-11-26-14-16/h3-5,12,15-16H,6-11,13-14H2,1-2H3,(H,21,25)/t16-/m1/s1. The van der Waals surface area contributed by atoms with Crippen molar-refractivity contribution in [3.63, 3.8) is 0 Å². The number of piperidine rings is 1. The van der Waals surface area contributed by atoms with Crippen LogP contribution in [0.1, 0.15) is 36.5 Å². The van der Waals surface area contributed by atoms with Crippen LogP contribution in [0.5, 0.6) is 0 Å². The number of urea groups is 1. The third-order valence-electron chi connectivity index (χ3n) is 5.33. The Hall–Kier alpha value is -2.08. The number of amides is 3. The summed E-state index contributed by atoms with van der Waals surface area (Å²) in [6.45, 7) is 6.02. The van der Waals surface area contributed by atoms with Crippen molar-refractivity contribution < 1.29 is 14.3 Å². The molecule has 2 aliphatic rings. The van der Waals surface area contributed by atoms with E-state index in [-0.39, 0.29) is 11.9 Å². The van der Waals surface area contributed by atoms with E-state index in [9.17, 15) is 9.59 Å². The summed E-state index contributed by atoms with van der Waals surface area (Å²) in [6.07, 6.45) is 3.10. The van der Waals surface area contributed by atoms with E-state index in [1.165, 1.54) is 0 Å². The first-order chi connectivity index (χ1) is 12.5. The van der Waals surface area contributed by atoms with Crippen LogP contribution in [0.25, 0.3) is 0 Å². The number of benzene rings is 1. The molecular weight excluding hydrogens is 330 g/mol. The molecule has 2 aliphatic heterocycles. The molecule has 6 heteroatoms. The second-order valence-corrected chi connectivity index (χ2v) is 7.60. The molecule has 1 aromatic rings. The van der Waals surface area contributed by atoms with Gasteiger partial charge in [-0.05, 0) is 43.4 Å². The number of nitrogens with one attached hydrogen (secondary N) is 1. The first-order valence-electron chi connectivity index (χ1n) is 9.52. The number of anilines is 1. The van der Waals surface area contributed by atoms with Gasteiger partial charge in [-0.25, -0.2) is 4.79 Å². The van der Waals surface area contributed by atoms with Gasteiger partial charge in [0.1, 0.15) is 0 Å². The normalized spacial score (nSPS) is 20.8. The van der Waals surface area contributed by atoms with Crippen molar-refractivity contribution in [3.8, 4) is 0 Å². The average Bonchev–Trinajstić information content (AvgIpc) is 3.15. The van der Waals surface area contributed by atoms with Gasteiger partial charge in [-0.1, -0.05) is 13.0 Å². The maximum Gasteiger partial charge on any atom is 0.321 e. The summed E-state index contributed by atoms with van der Waals surface area (Å²) in [5.74, 6) is 1.13. The van der Waals surface area contributed by atoms with Crippen LogP contribution in [-0.4, -0.2) is 61.6 Å². The van der Waals surface area contributed by atoms with Gasteiger partial charge in [0.2, 0.25) is 0 Å². The SMILES string of the molecule is CC1CCN(C(=O)c2cccc(NC(=O)N(C)C[C@H]3CCOC3)c2)CC1. The highest BCUT2D eigenvalue weighted by atomic mass is 16.5. The summed E-state index contributed by atoms with van der Waals surface area (Å²) >= 11 is 0. The van der Waals surface area contributed by atoms with Gasteiger partial charge in [-0.2, -0.15) is 0 Å². The predicted molar refractivity (Wildman–Crippen MR) is 101 cm³/mol. The van der Waals surface area contributed by atoms with Gasteiger partial charge in [-0.3, -0.25) is 4.79 Å². The van der Waals surface area contributed by atoms with Gasteiger partial charge in [0.25, 0.3) is 5.91 Å². The molecule has 1 atom stereocenters. The molecule has 0 spiro atoms. The summed E-state index contributed by atoms with van der Waals surface area (Å²) in [5.41, 5.74) is 1.28. The Morgan fingerprint density at radius 2 is 2.04 bits per heavy atom. The van der Waals surface area contributed by atoms with Crippen LogP contribution in [0, 0.1) is 11.8 Å². The van der Waals surface area contributed by atoms with E-state index in [0.29, 0.717) is 29.6 Å². The van der Waals surface area contributed by atoms with Crippen molar-refractivity contribution in [1.29, 1.82) is 0 Å². The minimum atomic E-state index is -0.159. The topological polar surface area (TPSA) is 61.9 Å². The minimum absolute atomic E-state index is 0.0458. The molecule has 1 N–H and O–H groups in total. The van der Waals surface area contributed by atoms with Gasteiger partial charge in [0.05, 0.1) is 6.61 Å². The Morgan fingerprint density at radius 3 is 2.73 bits per heavy atom. The van der Waals surface area contributed by atoms with E-state index in [2.05, 4.69) is 12.2 Å². The molecule has 2 heterocycles. The van der Waals surface area contributed by atoms with Gasteiger partial charge < -0.3 is 19.9 Å². The predicted octanol–water partition coefficient (Wildman–Crippen LogP) is 3.06. The lowest BCUT2D eigenvalue weighted by atomic mass is 9.98. The number of hydrogen-bond donors (Lipinski definition) is 1. The summed E-state index contributed by atoms with van der Waals surface area (Å²) < 4.78 is 5.36. The highest BCUT2D eigenvalue weighted by Crippen LogP contribution is 2.20. The second kappa shape index (κ2) is 8.54. The van der Waals surface area contributed by atoms with Crippen LogP contribution < -0.4 is 5.32 Å². The summed E-state index contributed by atoms with van der Waals surface area (Å²) in [7, 11) is 1.79. The number of carbonyl (C=O) groups is 2. The molecule has 2 saturated heterocycles. The molecular formula is C20H29N3O3. The van der Waals surface area contributed by atoms with E-state index >= 15 is 0 Å². The fourth-order valence-corrected chi connectivity index (χ4v) is 3.54. The maximum atomic E-state index is 12.7. The maximum absolute atomic E-state index is 12.7. The summed E-state index contributed by atoms with van der Waals surface area (Å²) in [4.78, 5) is 28.7. The minimum Gasteiger partial charge on any atom is -0.381 e. The highest BCUT2D eigenvalue weighted by Gasteiger charge is 2.22. The van der Waals surface area contributed by atoms with E-state index in [4.69, 9.17) is 4.74 Å². The molecule has 0 radical (unpaired) electrons. The first kappa shape index (κ1) is 18.7. The van der Waals surface area contributed by atoms with Crippen molar-refractivity contribution in [2.75, 3.05) is 45.2 Å². The van der Waals surface area contributed by atoms with Crippen LogP contribution >= 0.6 is 0 Å². The van der Waals surface area contributed by atoms with E-state index in [0.717, 1.165) is 45.6 Å². The second-order valence-electron chi connectivity index (χ2n) is 7.60. The van der Waals surface area contributed by atoms with E-state index in [1.54, 1.807) is 18.0 Å². The van der Waals surface area contributed by atoms with Gasteiger partial charge in [0, 0.05) is 50.5 Å². The first-order valence-corrected chi connectivity index (χ1v) is 9.52. The molecule has 2 fully saturated rings. The van der Waals surface area contributed by atoms with Gasteiger partial charge in [-0.15, -0.1) is 0 Å². The van der Waals surface area contributed by atoms with Crippen LogP contribution in [0.4, 0.5) is 10.5 Å². The number of carbonyl (C=O) groups excluding carboxylic acids is 2. The lowest BCUT2D eigenvalue weighted by Crippen LogP contribution is -2.38. The Bertz CT molecular complexity index is 635. The zero-order valence-corrected chi connectivity index (χ0v) is 15.7. The Morgan fingerprint density at radius 1 is 1.27 bits per heavy atom. The van der Waals surface area contributed by atoms with Crippen molar-refractivity contribution in [2.24, 2.45) is 11.8 Å². The molecule has 1 aromatic carbocycles. The molecule has 3 rings (SSSR count). The van der Waals surface area contributed by atoms with Crippen LogP contribution in [-0.2, 0) is 4.74 Å².